The number of pyridine rings is 1. The average Bonchev–Trinajstić information content (AvgIpc) is 2.95. The van der Waals surface area contributed by atoms with E-state index in [1.807, 2.05) is 0 Å². The average molecular weight is 318 g/mol. The molecule has 2 aromatic rings. The van der Waals surface area contributed by atoms with E-state index in [4.69, 9.17) is 4.74 Å². The van der Waals surface area contributed by atoms with Crippen LogP contribution in [0.2, 0.25) is 0 Å². The number of aromatic nitrogens is 1. The third-order valence-corrected chi connectivity index (χ3v) is 3.68. The van der Waals surface area contributed by atoms with Crippen LogP contribution >= 0.6 is 0 Å². The van der Waals surface area contributed by atoms with E-state index < -0.39 is 18.3 Å². The maximum atomic E-state index is 14.9. The van der Waals surface area contributed by atoms with E-state index in [1.54, 1.807) is 36.4 Å². The highest BCUT2D eigenvalue weighted by Gasteiger charge is 2.55. The van der Waals surface area contributed by atoms with Crippen molar-refractivity contribution < 1.29 is 18.6 Å². The van der Waals surface area contributed by atoms with Crippen molar-refractivity contribution in [2.75, 3.05) is 11.4 Å². The molecule has 1 aliphatic heterocycles. The molecule has 1 aliphatic rings. The van der Waals surface area contributed by atoms with Gasteiger partial charge in [0.15, 0.2) is 6.10 Å². The first-order valence-electron chi connectivity index (χ1n) is 7.15. The molecule has 0 aliphatic carbocycles. The summed E-state index contributed by atoms with van der Waals surface area (Å²) >= 11 is 0. The molecule has 0 spiro atoms. The van der Waals surface area contributed by atoms with Gasteiger partial charge in [0.05, 0.1) is 11.4 Å². The number of fused-ring (bicyclic) bond motifs is 1. The fourth-order valence-corrected chi connectivity index (χ4v) is 2.59. The number of benzene rings is 1. The van der Waals surface area contributed by atoms with Gasteiger partial charge in [-0.1, -0.05) is 24.3 Å². The van der Waals surface area contributed by atoms with E-state index in [0.29, 0.717) is 11.4 Å². The topological polar surface area (TPSA) is 45.6 Å². The van der Waals surface area contributed by atoms with Gasteiger partial charge in [-0.2, -0.15) is 8.78 Å². The summed E-state index contributed by atoms with van der Waals surface area (Å²) in [5.41, 5.74) is 0.445. The second-order valence-electron chi connectivity index (χ2n) is 5.21. The van der Waals surface area contributed by atoms with Gasteiger partial charge in [-0.05, 0) is 24.3 Å². The lowest BCUT2D eigenvalue weighted by atomic mass is 10.1. The van der Waals surface area contributed by atoms with Gasteiger partial charge in [-0.25, -0.2) is 0 Å². The molecule has 23 heavy (non-hydrogen) atoms. The van der Waals surface area contributed by atoms with Crippen LogP contribution in [0.15, 0.2) is 61.3 Å². The maximum Gasteiger partial charge on any atom is 0.333 e. The second kappa shape index (κ2) is 5.96. The molecule has 2 atom stereocenters. The van der Waals surface area contributed by atoms with Gasteiger partial charge in [0.1, 0.15) is 5.75 Å². The monoisotopic (exact) mass is 318 g/mol. The van der Waals surface area contributed by atoms with Crippen LogP contribution in [0, 0.1) is 0 Å². The predicted molar refractivity (Wildman–Crippen MR) is 82.5 cm³/mol. The van der Waals surface area contributed by atoms with E-state index in [1.165, 1.54) is 23.2 Å². The van der Waals surface area contributed by atoms with Crippen molar-refractivity contribution in [1.82, 2.24) is 4.98 Å². The Kier molecular flexibility index (Phi) is 4.00. The molecule has 0 amide bonds. The maximum absolute atomic E-state index is 14.9. The molecule has 2 unspecified atom stereocenters. The Balaban J connectivity index is 1.94. The van der Waals surface area contributed by atoms with Crippen molar-refractivity contribution >= 4 is 5.69 Å². The van der Waals surface area contributed by atoms with Crippen LogP contribution in [-0.4, -0.2) is 28.8 Å². The van der Waals surface area contributed by atoms with Crippen LogP contribution < -0.4 is 9.64 Å². The molecule has 0 radical (unpaired) electrons. The van der Waals surface area contributed by atoms with E-state index >= 15 is 0 Å². The summed E-state index contributed by atoms with van der Waals surface area (Å²) in [5.74, 6) is -3.21. The van der Waals surface area contributed by atoms with Crippen molar-refractivity contribution in [3.8, 4) is 5.75 Å². The number of aliphatic hydroxyl groups excluding tert-OH is 1. The second-order valence-corrected chi connectivity index (χ2v) is 5.21. The number of nitrogens with zero attached hydrogens (tertiary/aromatic N) is 2. The molecule has 120 valence electrons. The lowest BCUT2D eigenvalue weighted by Gasteiger charge is -2.33. The molecular weight excluding hydrogens is 302 g/mol. The molecule has 6 heteroatoms. The molecule has 2 heterocycles. The molecule has 0 saturated carbocycles. The van der Waals surface area contributed by atoms with Crippen molar-refractivity contribution in [1.29, 1.82) is 0 Å². The van der Waals surface area contributed by atoms with Gasteiger partial charge in [-0.15, -0.1) is 6.58 Å². The summed E-state index contributed by atoms with van der Waals surface area (Å²) in [4.78, 5) is 5.20. The van der Waals surface area contributed by atoms with Crippen LogP contribution in [0.3, 0.4) is 0 Å². The molecule has 1 N–H and O–H groups in total. The highest BCUT2D eigenvalue weighted by atomic mass is 19.3. The predicted octanol–water partition coefficient (Wildman–Crippen LogP) is 3.16. The number of hydrogen-bond acceptors (Lipinski definition) is 4. The Hall–Kier alpha value is -2.47. The lowest BCUT2D eigenvalue weighted by Crippen LogP contribution is -2.52. The first-order valence-corrected chi connectivity index (χ1v) is 7.15. The molecule has 3 rings (SSSR count). The highest BCUT2D eigenvalue weighted by Crippen LogP contribution is 2.45. The van der Waals surface area contributed by atoms with Crippen molar-refractivity contribution in [3.05, 3.63) is 67.0 Å². The van der Waals surface area contributed by atoms with Crippen LogP contribution in [0.1, 0.15) is 11.8 Å². The Labute approximate surface area is 132 Å². The number of ether oxygens (including phenoxy) is 1. The van der Waals surface area contributed by atoms with E-state index in [9.17, 15) is 13.9 Å². The first kappa shape index (κ1) is 15.4. The molecule has 1 aromatic carbocycles. The van der Waals surface area contributed by atoms with Crippen molar-refractivity contribution in [2.24, 2.45) is 0 Å². The largest absolute Gasteiger partial charge is 0.462 e. The van der Waals surface area contributed by atoms with Gasteiger partial charge >= 0.3 is 5.92 Å². The summed E-state index contributed by atoms with van der Waals surface area (Å²) in [6.45, 7) is 3.77. The molecular formula is C17H16F2N2O2. The van der Waals surface area contributed by atoms with E-state index in [0.717, 1.165) is 0 Å². The Morgan fingerprint density at radius 2 is 2.04 bits per heavy atom. The van der Waals surface area contributed by atoms with Crippen molar-refractivity contribution in [2.45, 2.75) is 18.3 Å². The first-order chi connectivity index (χ1) is 11.1. The summed E-state index contributed by atoms with van der Waals surface area (Å²) in [5, 5.41) is 10.1. The van der Waals surface area contributed by atoms with Crippen molar-refractivity contribution in [3.63, 3.8) is 0 Å². The summed E-state index contributed by atoms with van der Waals surface area (Å²) in [6, 6.07) is 11.3. The van der Waals surface area contributed by atoms with Gasteiger partial charge in [0.2, 0.25) is 6.23 Å². The zero-order valence-corrected chi connectivity index (χ0v) is 12.3. The number of aliphatic hydroxyl groups is 1. The zero-order chi connectivity index (χ0) is 16.4. The van der Waals surface area contributed by atoms with Gasteiger partial charge in [0, 0.05) is 12.7 Å². The highest BCUT2D eigenvalue weighted by molar-refractivity contribution is 5.63. The fourth-order valence-electron chi connectivity index (χ4n) is 2.59. The Morgan fingerprint density at radius 3 is 2.74 bits per heavy atom. The minimum absolute atomic E-state index is 0.101. The van der Waals surface area contributed by atoms with Crippen LogP contribution in [-0.2, 0) is 0 Å². The third-order valence-electron chi connectivity index (χ3n) is 3.68. The number of alkyl halides is 2. The Morgan fingerprint density at radius 1 is 1.30 bits per heavy atom. The number of hydrogen-bond donors (Lipinski definition) is 1. The summed E-state index contributed by atoms with van der Waals surface area (Å²) in [6.07, 6.45) is -0.826. The number of anilines is 1. The third kappa shape index (κ3) is 2.66. The lowest BCUT2D eigenvalue weighted by molar-refractivity contribution is -0.167. The Bertz CT molecular complexity index is 694. The van der Waals surface area contributed by atoms with Gasteiger partial charge < -0.3 is 14.7 Å². The van der Waals surface area contributed by atoms with E-state index in [2.05, 4.69) is 11.6 Å². The van der Waals surface area contributed by atoms with Crippen LogP contribution in [0.5, 0.6) is 5.75 Å². The summed E-state index contributed by atoms with van der Waals surface area (Å²) < 4.78 is 35.1. The molecule has 0 saturated heterocycles. The van der Waals surface area contributed by atoms with Crippen LogP contribution in [0.4, 0.5) is 14.5 Å². The smallest absolute Gasteiger partial charge is 0.333 e. The number of para-hydroxylation sites is 2. The molecule has 0 bridgehead atoms. The molecule has 0 fully saturated rings. The minimum atomic E-state index is -3.56. The quantitative estimate of drug-likeness (QED) is 0.860. The molecule has 4 nitrogen and oxygen atoms in total. The van der Waals surface area contributed by atoms with Gasteiger partial charge in [-0.3, -0.25) is 4.98 Å². The minimum Gasteiger partial charge on any atom is -0.462 e. The van der Waals surface area contributed by atoms with Crippen LogP contribution in [0.25, 0.3) is 0 Å². The van der Waals surface area contributed by atoms with Gasteiger partial charge in [0.25, 0.3) is 0 Å². The number of halogens is 2. The number of rotatable bonds is 5. The standard InChI is InChI=1S/C17H16F2N2O2/c1-2-11-21-13-8-3-4-9-14(13)23-16(21)17(18,19)15(22)12-7-5-6-10-20-12/h2-10,15-16,22H,1,11H2. The normalized spacial score (nSPS) is 18.2. The fraction of sp³-hybridized carbons (Fsp3) is 0.235. The molecule has 1 aromatic heterocycles. The zero-order valence-electron chi connectivity index (χ0n) is 12.3. The summed E-state index contributed by atoms with van der Waals surface area (Å²) in [7, 11) is 0. The van der Waals surface area contributed by atoms with E-state index in [-0.39, 0.29) is 12.2 Å². The SMILES string of the molecule is C=CCN1c2ccccc2OC1C(F)(F)C(O)c1ccccn1.